The zero-order chi connectivity index (χ0) is 13.8. The van der Waals surface area contributed by atoms with E-state index in [2.05, 4.69) is 10.3 Å². The fourth-order valence-corrected chi connectivity index (χ4v) is 1.87. The number of nitrogens with one attached hydrogen (secondary N) is 1. The van der Waals surface area contributed by atoms with Gasteiger partial charge in [0.1, 0.15) is 5.69 Å². The number of likely N-dealkylation sites (tertiary alicyclic amines) is 1. The predicted octanol–water partition coefficient (Wildman–Crippen LogP) is 0.0560. The third-order valence-electron chi connectivity index (χ3n) is 2.94. The van der Waals surface area contributed by atoms with Gasteiger partial charge >= 0.3 is 12.0 Å². The number of carboxylic acid groups (broad SMARTS) is 1. The number of aliphatic hydroxyl groups excluding tert-OH is 1. The summed E-state index contributed by atoms with van der Waals surface area (Å²) in [7, 11) is 0. The van der Waals surface area contributed by atoms with Gasteiger partial charge in [0.2, 0.25) is 0 Å². The van der Waals surface area contributed by atoms with E-state index in [1.807, 2.05) is 0 Å². The summed E-state index contributed by atoms with van der Waals surface area (Å²) >= 11 is 0. The molecule has 0 aromatic carbocycles. The number of aromatic carboxylic acids is 1. The Labute approximate surface area is 109 Å². The van der Waals surface area contributed by atoms with Gasteiger partial charge in [-0.25, -0.2) is 14.6 Å². The second-order valence-corrected chi connectivity index (χ2v) is 4.40. The van der Waals surface area contributed by atoms with E-state index in [0.29, 0.717) is 19.5 Å². The first-order valence-electron chi connectivity index (χ1n) is 5.95. The highest BCUT2D eigenvalue weighted by atomic mass is 16.4. The van der Waals surface area contributed by atoms with Crippen LogP contribution >= 0.6 is 0 Å². The van der Waals surface area contributed by atoms with Gasteiger partial charge in [-0.05, 0) is 18.1 Å². The average molecular weight is 265 g/mol. The van der Waals surface area contributed by atoms with E-state index < -0.39 is 12.1 Å². The third kappa shape index (κ3) is 3.41. The van der Waals surface area contributed by atoms with Crippen molar-refractivity contribution in [1.29, 1.82) is 0 Å². The van der Waals surface area contributed by atoms with Gasteiger partial charge in [-0.3, -0.25) is 0 Å². The molecule has 102 valence electrons. The van der Waals surface area contributed by atoms with E-state index in [9.17, 15) is 14.7 Å². The molecule has 1 atom stereocenters. The number of aromatic nitrogens is 1. The fraction of sp³-hybridized carbons (Fsp3) is 0.417. The normalized spacial score (nSPS) is 18.4. The predicted molar refractivity (Wildman–Crippen MR) is 65.6 cm³/mol. The molecular formula is C12H15N3O4. The maximum atomic E-state index is 11.7. The minimum atomic E-state index is -1.08. The van der Waals surface area contributed by atoms with Crippen LogP contribution in [0.4, 0.5) is 4.79 Å². The molecule has 0 spiro atoms. The fourth-order valence-electron chi connectivity index (χ4n) is 1.87. The molecule has 0 aliphatic carbocycles. The van der Waals surface area contributed by atoms with Crippen molar-refractivity contribution in [2.75, 3.05) is 13.1 Å². The molecule has 3 N–H and O–H groups in total. The summed E-state index contributed by atoms with van der Waals surface area (Å²) in [6.07, 6.45) is 1.58. The lowest BCUT2D eigenvalue weighted by Gasteiger charge is -2.16. The second kappa shape index (κ2) is 5.66. The highest BCUT2D eigenvalue weighted by molar-refractivity contribution is 5.85. The maximum absolute atomic E-state index is 11.7. The van der Waals surface area contributed by atoms with Gasteiger partial charge in [0.05, 0.1) is 6.10 Å². The molecule has 1 aliphatic heterocycles. The van der Waals surface area contributed by atoms with Crippen LogP contribution in [-0.2, 0) is 6.54 Å². The second-order valence-electron chi connectivity index (χ2n) is 4.40. The monoisotopic (exact) mass is 265 g/mol. The largest absolute Gasteiger partial charge is 0.477 e. The van der Waals surface area contributed by atoms with E-state index in [1.54, 1.807) is 11.0 Å². The molecule has 0 radical (unpaired) electrons. The minimum Gasteiger partial charge on any atom is -0.477 e. The molecule has 0 bridgehead atoms. The zero-order valence-corrected chi connectivity index (χ0v) is 10.2. The standard InChI is InChI=1S/C12H15N3O4/c16-9-3-4-15(7-9)12(19)14-6-8-1-2-10(11(17)18)13-5-8/h1-2,5,9,16H,3-4,6-7H2,(H,14,19)(H,17,18). The smallest absolute Gasteiger partial charge is 0.354 e. The van der Waals surface area contributed by atoms with Crippen LogP contribution in [-0.4, -0.2) is 51.3 Å². The molecule has 1 aromatic heterocycles. The number of hydrogen-bond donors (Lipinski definition) is 3. The molecule has 0 saturated carbocycles. The number of carboxylic acids is 1. The lowest BCUT2D eigenvalue weighted by Crippen LogP contribution is -2.38. The molecule has 19 heavy (non-hydrogen) atoms. The Bertz CT molecular complexity index is 474. The Morgan fingerprint density at radius 3 is 2.79 bits per heavy atom. The summed E-state index contributed by atoms with van der Waals surface area (Å²) < 4.78 is 0. The van der Waals surface area contributed by atoms with E-state index in [0.717, 1.165) is 5.56 Å². The molecule has 1 saturated heterocycles. The summed E-state index contributed by atoms with van der Waals surface area (Å²) in [5.41, 5.74) is 0.691. The van der Waals surface area contributed by atoms with Crippen LogP contribution in [0.25, 0.3) is 0 Å². The van der Waals surface area contributed by atoms with Gasteiger partial charge in [0, 0.05) is 25.8 Å². The molecular weight excluding hydrogens is 250 g/mol. The van der Waals surface area contributed by atoms with Crippen molar-refractivity contribution >= 4 is 12.0 Å². The number of nitrogens with zero attached hydrogens (tertiary/aromatic N) is 2. The number of urea groups is 1. The van der Waals surface area contributed by atoms with Gasteiger partial charge in [-0.2, -0.15) is 0 Å². The molecule has 2 rings (SSSR count). The average Bonchev–Trinajstić information content (AvgIpc) is 2.83. The Kier molecular flexibility index (Phi) is 3.96. The number of carbonyl (C=O) groups is 2. The van der Waals surface area contributed by atoms with Gasteiger partial charge in [0.15, 0.2) is 0 Å². The summed E-state index contributed by atoms with van der Waals surface area (Å²) in [5.74, 6) is -1.08. The first-order valence-corrected chi connectivity index (χ1v) is 5.95. The molecule has 1 fully saturated rings. The molecule has 7 heteroatoms. The Hall–Kier alpha value is -2.15. The van der Waals surface area contributed by atoms with Gasteiger partial charge in [-0.1, -0.05) is 6.07 Å². The SMILES string of the molecule is O=C(O)c1ccc(CNC(=O)N2CCC(O)C2)cn1. The van der Waals surface area contributed by atoms with Crippen LogP contribution in [0, 0.1) is 0 Å². The van der Waals surface area contributed by atoms with Gasteiger partial charge in [0.25, 0.3) is 0 Å². The number of aliphatic hydroxyl groups is 1. The lowest BCUT2D eigenvalue weighted by molar-refractivity contribution is 0.0690. The van der Waals surface area contributed by atoms with Crippen molar-refractivity contribution < 1.29 is 19.8 Å². The summed E-state index contributed by atoms with van der Waals surface area (Å²) in [4.78, 5) is 27.7. The van der Waals surface area contributed by atoms with Gasteiger partial charge in [-0.15, -0.1) is 0 Å². The molecule has 1 aliphatic rings. The van der Waals surface area contributed by atoms with Crippen molar-refractivity contribution in [3.05, 3.63) is 29.6 Å². The lowest BCUT2D eigenvalue weighted by atomic mass is 10.2. The Balaban J connectivity index is 1.85. The van der Waals surface area contributed by atoms with Crippen LogP contribution in [0.5, 0.6) is 0 Å². The zero-order valence-electron chi connectivity index (χ0n) is 10.2. The van der Waals surface area contributed by atoms with Crippen LogP contribution in [0.1, 0.15) is 22.5 Å². The van der Waals surface area contributed by atoms with Crippen molar-refractivity contribution in [3.63, 3.8) is 0 Å². The maximum Gasteiger partial charge on any atom is 0.354 e. The number of hydrogen-bond acceptors (Lipinski definition) is 4. The number of carbonyl (C=O) groups excluding carboxylic acids is 1. The molecule has 2 amide bonds. The van der Waals surface area contributed by atoms with Crippen molar-refractivity contribution in [3.8, 4) is 0 Å². The van der Waals surface area contributed by atoms with Gasteiger partial charge < -0.3 is 20.4 Å². The topological polar surface area (TPSA) is 103 Å². The summed E-state index contributed by atoms with van der Waals surface area (Å²) in [6.45, 7) is 1.17. The van der Waals surface area contributed by atoms with Crippen molar-refractivity contribution in [1.82, 2.24) is 15.2 Å². The number of rotatable bonds is 3. The summed E-state index contributed by atoms with van der Waals surface area (Å²) in [5, 5.41) is 20.7. The number of β-amino-alcohol motifs (C(OH)–C–C–N with tert-alkyl or cyclic N) is 1. The van der Waals surface area contributed by atoms with Crippen molar-refractivity contribution in [2.45, 2.75) is 19.1 Å². The van der Waals surface area contributed by atoms with Crippen LogP contribution in [0.3, 0.4) is 0 Å². The first-order chi connectivity index (χ1) is 9.06. The number of pyridine rings is 1. The minimum absolute atomic E-state index is 0.0299. The van der Waals surface area contributed by atoms with Crippen LogP contribution in [0.2, 0.25) is 0 Å². The first kappa shape index (κ1) is 13.3. The quantitative estimate of drug-likeness (QED) is 0.717. The van der Waals surface area contributed by atoms with E-state index >= 15 is 0 Å². The highest BCUT2D eigenvalue weighted by Gasteiger charge is 2.24. The van der Waals surface area contributed by atoms with E-state index in [-0.39, 0.29) is 18.3 Å². The van der Waals surface area contributed by atoms with Crippen molar-refractivity contribution in [2.24, 2.45) is 0 Å². The summed E-state index contributed by atoms with van der Waals surface area (Å²) in [6, 6.07) is 2.76. The third-order valence-corrected chi connectivity index (χ3v) is 2.94. The van der Waals surface area contributed by atoms with E-state index in [4.69, 9.17) is 5.11 Å². The molecule has 1 aromatic rings. The molecule has 2 heterocycles. The Morgan fingerprint density at radius 2 is 2.26 bits per heavy atom. The number of amides is 2. The van der Waals surface area contributed by atoms with Crippen LogP contribution in [0.15, 0.2) is 18.3 Å². The molecule has 7 nitrogen and oxygen atoms in total. The molecule has 1 unspecified atom stereocenters. The van der Waals surface area contributed by atoms with Crippen LogP contribution < -0.4 is 5.32 Å². The Morgan fingerprint density at radius 1 is 1.47 bits per heavy atom. The highest BCUT2D eigenvalue weighted by Crippen LogP contribution is 2.08. The van der Waals surface area contributed by atoms with E-state index in [1.165, 1.54) is 12.3 Å².